The molecule has 0 amide bonds. The van der Waals surface area contributed by atoms with Gasteiger partial charge in [0, 0.05) is 25.2 Å². The van der Waals surface area contributed by atoms with Gasteiger partial charge in [0.05, 0.1) is 16.5 Å². The molecule has 0 saturated carbocycles. The van der Waals surface area contributed by atoms with Crippen molar-refractivity contribution in [1.29, 1.82) is 0 Å². The average Bonchev–Trinajstić information content (AvgIpc) is 2.82. The van der Waals surface area contributed by atoms with Gasteiger partial charge in [-0.15, -0.1) is 0 Å². The van der Waals surface area contributed by atoms with E-state index >= 15 is 0 Å². The van der Waals surface area contributed by atoms with Crippen molar-refractivity contribution in [2.45, 2.75) is 31.9 Å². The van der Waals surface area contributed by atoms with Crippen LogP contribution in [0.4, 0.5) is 5.69 Å². The Hall–Kier alpha value is -2.19. The molecular weight excluding hydrogens is 302 g/mol. The molecule has 1 aromatic carbocycles. The van der Waals surface area contributed by atoms with Gasteiger partial charge in [0.25, 0.3) is 5.69 Å². The number of aliphatic hydroxyl groups excluding tert-OH is 1. The number of fused-ring (bicyclic) bond motifs is 1. The predicted octanol–water partition coefficient (Wildman–Crippen LogP) is 1.35. The Labute approximate surface area is 132 Å². The summed E-state index contributed by atoms with van der Waals surface area (Å²) in [7, 11) is 0. The minimum absolute atomic E-state index is 0.0637. The third-order valence-electron chi connectivity index (χ3n) is 4.20. The van der Waals surface area contributed by atoms with Crippen LogP contribution in [0.5, 0.6) is 0 Å². The maximum atomic E-state index is 11.9. The van der Waals surface area contributed by atoms with Crippen molar-refractivity contribution in [2.75, 3.05) is 19.6 Å². The van der Waals surface area contributed by atoms with E-state index in [9.17, 15) is 20.0 Å². The van der Waals surface area contributed by atoms with Crippen LogP contribution in [0.1, 0.15) is 19.3 Å². The third kappa shape index (κ3) is 3.43. The van der Waals surface area contributed by atoms with Gasteiger partial charge >= 0.3 is 5.76 Å². The van der Waals surface area contributed by atoms with Crippen LogP contribution in [-0.4, -0.2) is 45.2 Å². The normalized spacial score (nSPS) is 19.3. The van der Waals surface area contributed by atoms with Crippen molar-refractivity contribution < 1.29 is 14.4 Å². The van der Waals surface area contributed by atoms with Crippen molar-refractivity contribution in [3.8, 4) is 0 Å². The molecule has 2 heterocycles. The number of piperidine rings is 1. The van der Waals surface area contributed by atoms with E-state index in [1.54, 1.807) is 0 Å². The van der Waals surface area contributed by atoms with Crippen LogP contribution >= 0.6 is 0 Å². The summed E-state index contributed by atoms with van der Waals surface area (Å²) in [6.07, 6.45) is 2.25. The van der Waals surface area contributed by atoms with Gasteiger partial charge in [-0.05, 0) is 38.4 Å². The molecule has 3 rings (SSSR count). The standard InChI is InChI=1S/C15H19N3O5/c19-12-3-1-6-16(10-12)7-2-8-17-13-9-11(18(21)22)4-5-14(13)23-15(17)20/h4-5,9,12,19H,1-3,6-8,10H2. The maximum Gasteiger partial charge on any atom is 0.419 e. The first-order valence-electron chi connectivity index (χ1n) is 7.73. The maximum absolute atomic E-state index is 11.9. The summed E-state index contributed by atoms with van der Waals surface area (Å²) >= 11 is 0. The fourth-order valence-electron chi connectivity index (χ4n) is 3.06. The molecule has 1 aliphatic heterocycles. The van der Waals surface area contributed by atoms with Crippen molar-refractivity contribution in [1.82, 2.24) is 9.47 Å². The second-order valence-electron chi connectivity index (χ2n) is 5.88. The highest BCUT2D eigenvalue weighted by Crippen LogP contribution is 2.20. The molecule has 8 heteroatoms. The van der Waals surface area contributed by atoms with E-state index in [0.717, 1.165) is 25.9 Å². The zero-order valence-electron chi connectivity index (χ0n) is 12.7. The molecule has 0 aliphatic carbocycles. The van der Waals surface area contributed by atoms with Gasteiger partial charge < -0.3 is 14.4 Å². The molecular formula is C15H19N3O5. The van der Waals surface area contributed by atoms with Crippen LogP contribution in [0, 0.1) is 10.1 Å². The number of rotatable bonds is 5. The number of non-ortho nitro benzene ring substituents is 1. The molecule has 2 aromatic rings. The molecule has 0 spiro atoms. The Morgan fingerprint density at radius 1 is 1.39 bits per heavy atom. The van der Waals surface area contributed by atoms with Crippen molar-refractivity contribution in [3.05, 3.63) is 38.9 Å². The highest BCUT2D eigenvalue weighted by atomic mass is 16.6. The molecule has 0 bridgehead atoms. The summed E-state index contributed by atoms with van der Waals surface area (Å²) in [5.41, 5.74) is 0.739. The number of oxazole rings is 1. The lowest BCUT2D eigenvalue weighted by Crippen LogP contribution is -2.39. The Balaban J connectivity index is 1.72. The summed E-state index contributed by atoms with van der Waals surface area (Å²) in [5, 5.41) is 20.5. The van der Waals surface area contributed by atoms with Crippen molar-refractivity contribution >= 4 is 16.8 Å². The van der Waals surface area contributed by atoms with E-state index in [1.807, 2.05) is 0 Å². The molecule has 1 N–H and O–H groups in total. The van der Waals surface area contributed by atoms with E-state index < -0.39 is 10.7 Å². The van der Waals surface area contributed by atoms with E-state index in [0.29, 0.717) is 30.6 Å². The largest absolute Gasteiger partial charge is 0.419 e. The lowest BCUT2D eigenvalue weighted by atomic mass is 10.1. The van der Waals surface area contributed by atoms with E-state index in [2.05, 4.69) is 4.90 Å². The fraction of sp³-hybridized carbons (Fsp3) is 0.533. The van der Waals surface area contributed by atoms with Crippen LogP contribution in [0.3, 0.4) is 0 Å². The van der Waals surface area contributed by atoms with Crippen molar-refractivity contribution in [3.63, 3.8) is 0 Å². The van der Waals surface area contributed by atoms with Crippen LogP contribution in [0.25, 0.3) is 11.1 Å². The summed E-state index contributed by atoms with van der Waals surface area (Å²) in [5.74, 6) is -0.501. The number of aliphatic hydroxyl groups is 1. The Bertz CT molecular complexity index is 766. The van der Waals surface area contributed by atoms with Gasteiger partial charge in [0.2, 0.25) is 0 Å². The van der Waals surface area contributed by atoms with Gasteiger partial charge in [0.1, 0.15) is 0 Å². The molecule has 1 aliphatic rings. The predicted molar refractivity (Wildman–Crippen MR) is 83.4 cm³/mol. The van der Waals surface area contributed by atoms with E-state index in [4.69, 9.17) is 4.42 Å². The number of nitro benzene ring substituents is 1. The summed E-state index contributed by atoms with van der Waals surface area (Å²) in [6.45, 7) is 2.81. The quantitative estimate of drug-likeness (QED) is 0.659. The van der Waals surface area contributed by atoms with Gasteiger partial charge in [-0.2, -0.15) is 0 Å². The molecule has 8 nitrogen and oxygen atoms in total. The molecule has 124 valence electrons. The number of nitro groups is 1. The number of aryl methyl sites for hydroxylation is 1. The number of hydrogen-bond donors (Lipinski definition) is 1. The summed E-state index contributed by atoms with van der Waals surface area (Å²) in [4.78, 5) is 24.5. The molecule has 1 fully saturated rings. The van der Waals surface area contributed by atoms with E-state index in [-0.39, 0.29) is 11.8 Å². The van der Waals surface area contributed by atoms with Crippen LogP contribution < -0.4 is 5.76 Å². The van der Waals surface area contributed by atoms with Gasteiger partial charge in [0.15, 0.2) is 5.58 Å². The second-order valence-corrected chi connectivity index (χ2v) is 5.88. The van der Waals surface area contributed by atoms with Crippen molar-refractivity contribution in [2.24, 2.45) is 0 Å². The molecule has 23 heavy (non-hydrogen) atoms. The summed E-state index contributed by atoms with van der Waals surface area (Å²) in [6, 6.07) is 4.14. The lowest BCUT2D eigenvalue weighted by molar-refractivity contribution is -0.384. The number of aromatic nitrogens is 1. The number of hydrogen-bond acceptors (Lipinski definition) is 6. The molecule has 1 atom stereocenters. The Morgan fingerprint density at radius 3 is 2.96 bits per heavy atom. The van der Waals surface area contributed by atoms with Gasteiger partial charge in [-0.1, -0.05) is 0 Å². The van der Waals surface area contributed by atoms with Crippen LogP contribution in [-0.2, 0) is 6.54 Å². The van der Waals surface area contributed by atoms with Crippen LogP contribution in [0.2, 0.25) is 0 Å². The Morgan fingerprint density at radius 2 is 2.22 bits per heavy atom. The highest BCUT2D eigenvalue weighted by molar-refractivity contribution is 5.75. The highest BCUT2D eigenvalue weighted by Gasteiger charge is 2.18. The van der Waals surface area contributed by atoms with Gasteiger partial charge in [-0.3, -0.25) is 14.7 Å². The number of likely N-dealkylation sites (tertiary alicyclic amines) is 1. The SMILES string of the molecule is O=c1oc2ccc([N+](=O)[O-])cc2n1CCCN1CCCC(O)C1. The first-order valence-corrected chi connectivity index (χ1v) is 7.73. The number of nitrogens with zero attached hydrogens (tertiary/aromatic N) is 3. The first-order chi connectivity index (χ1) is 11.0. The monoisotopic (exact) mass is 321 g/mol. The van der Waals surface area contributed by atoms with Crippen LogP contribution in [0.15, 0.2) is 27.4 Å². The average molecular weight is 321 g/mol. The minimum Gasteiger partial charge on any atom is -0.408 e. The van der Waals surface area contributed by atoms with Gasteiger partial charge in [-0.25, -0.2) is 4.79 Å². The molecule has 0 radical (unpaired) electrons. The lowest BCUT2D eigenvalue weighted by Gasteiger charge is -2.29. The smallest absolute Gasteiger partial charge is 0.408 e. The topological polar surface area (TPSA) is 102 Å². The summed E-state index contributed by atoms with van der Waals surface area (Å²) < 4.78 is 6.56. The van der Waals surface area contributed by atoms with E-state index in [1.165, 1.54) is 22.8 Å². The zero-order chi connectivity index (χ0) is 16.4. The molecule has 1 unspecified atom stereocenters. The third-order valence-corrected chi connectivity index (χ3v) is 4.20. The number of benzene rings is 1. The molecule has 1 aromatic heterocycles. The minimum atomic E-state index is -0.501. The second kappa shape index (κ2) is 6.51. The molecule has 1 saturated heterocycles. The first kappa shape index (κ1) is 15.7. The number of β-amino-alcohol motifs (C(OH)–C–C–N with tert-alkyl or cyclic N) is 1. The Kier molecular flexibility index (Phi) is 4.44. The zero-order valence-corrected chi connectivity index (χ0v) is 12.7. The fourth-order valence-corrected chi connectivity index (χ4v) is 3.06.